The summed E-state index contributed by atoms with van der Waals surface area (Å²) >= 11 is 3.02. The van der Waals surface area contributed by atoms with Crippen molar-refractivity contribution in [3.63, 3.8) is 0 Å². The average Bonchev–Trinajstić information content (AvgIpc) is 2.84. The molecule has 0 radical (unpaired) electrons. The zero-order chi connectivity index (χ0) is 13.7. The van der Waals surface area contributed by atoms with Gasteiger partial charge in [0, 0.05) is 11.1 Å². The molecule has 0 unspecified atom stereocenters. The molecule has 19 heavy (non-hydrogen) atoms. The predicted molar refractivity (Wildman–Crippen MR) is 74.2 cm³/mol. The number of aliphatic carboxylic acids is 1. The molecule has 0 fully saturated rings. The van der Waals surface area contributed by atoms with Gasteiger partial charge in [-0.1, -0.05) is 23.9 Å². The number of carboxylic acids is 1. The summed E-state index contributed by atoms with van der Waals surface area (Å²) in [7, 11) is 0. The zero-order valence-corrected chi connectivity index (χ0v) is 11.5. The Morgan fingerprint density at radius 3 is 2.79 bits per heavy atom. The number of nitrogens with zero attached hydrogens (tertiary/aromatic N) is 2. The van der Waals surface area contributed by atoms with E-state index in [0.29, 0.717) is 11.3 Å². The van der Waals surface area contributed by atoms with Gasteiger partial charge in [0.25, 0.3) is 0 Å². The first-order valence-electron chi connectivity index (χ1n) is 5.45. The van der Waals surface area contributed by atoms with Crippen molar-refractivity contribution in [2.45, 2.75) is 16.5 Å². The Kier molecular flexibility index (Phi) is 4.55. The van der Waals surface area contributed by atoms with Crippen molar-refractivity contribution < 1.29 is 9.90 Å². The molecular formula is C13H10N2O2S2. The molecule has 0 amide bonds. The Morgan fingerprint density at radius 2 is 2.16 bits per heavy atom. The lowest BCUT2D eigenvalue weighted by Gasteiger charge is -1.98. The van der Waals surface area contributed by atoms with Gasteiger partial charge in [0.1, 0.15) is 4.34 Å². The van der Waals surface area contributed by atoms with Crippen LogP contribution in [0.15, 0.2) is 34.0 Å². The minimum Gasteiger partial charge on any atom is -0.481 e. The third kappa shape index (κ3) is 4.09. The fraction of sp³-hybridized carbons (Fsp3) is 0.154. The standard InChI is InChI=1S/C13H10N2O2S2/c14-6-9-1-3-10(4-2-9)7-18-13-15-11(8-19-13)5-12(16)17/h1-4,8H,5,7H2,(H,16,17). The highest BCUT2D eigenvalue weighted by atomic mass is 32.2. The maximum Gasteiger partial charge on any atom is 0.309 e. The summed E-state index contributed by atoms with van der Waals surface area (Å²) in [4.78, 5) is 14.8. The van der Waals surface area contributed by atoms with Gasteiger partial charge in [-0.3, -0.25) is 4.79 Å². The SMILES string of the molecule is N#Cc1ccc(CSc2nc(CC(=O)O)cs2)cc1. The fourth-order valence-electron chi connectivity index (χ4n) is 1.41. The first-order chi connectivity index (χ1) is 9.17. The van der Waals surface area contributed by atoms with E-state index in [4.69, 9.17) is 10.4 Å². The summed E-state index contributed by atoms with van der Waals surface area (Å²) in [5, 5.41) is 19.1. The van der Waals surface area contributed by atoms with E-state index in [1.807, 2.05) is 12.1 Å². The Bertz CT molecular complexity index is 614. The van der Waals surface area contributed by atoms with Crippen molar-refractivity contribution in [1.29, 1.82) is 5.26 Å². The predicted octanol–water partition coefficient (Wildman–Crippen LogP) is 2.93. The van der Waals surface area contributed by atoms with Gasteiger partial charge in [-0.05, 0) is 17.7 Å². The zero-order valence-electron chi connectivity index (χ0n) is 9.87. The molecule has 0 aliphatic heterocycles. The van der Waals surface area contributed by atoms with Crippen LogP contribution in [0.1, 0.15) is 16.8 Å². The van der Waals surface area contributed by atoms with Crippen LogP contribution in [0.25, 0.3) is 0 Å². The van der Waals surface area contributed by atoms with Gasteiger partial charge in [0.05, 0.1) is 23.7 Å². The summed E-state index contributed by atoms with van der Waals surface area (Å²) in [6, 6.07) is 9.48. The quantitative estimate of drug-likeness (QED) is 0.857. The second-order valence-electron chi connectivity index (χ2n) is 3.77. The maximum atomic E-state index is 10.5. The number of nitriles is 1. The number of hydrogen-bond acceptors (Lipinski definition) is 5. The molecule has 96 valence electrons. The van der Waals surface area contributed by atoms with Crippen LogP contribution >= 0.6 is 23.1 Å². The molecule has 0 bridgehead atoms. The number of hydrogen-bond donors (Lipinski definition) is 1. The van der Waals surface area contributed by atoms with Crippen molar-refractivity contribution >= 4 is 29.1 Å². The number of carbonyl (C=O) groups is 1. The molecule has 0 aliphatic rings. The van der Waals surface area contributed by atoms with Crippen LogP contribution < -0.4 is 0 Å². The molecule has 1 N–H and O–H groups in total. The van der Waals surface area contributed by atoms with E-state index < -0.39 is 5.97 Å². The molecule has 0 saturated carbocycles. The minimum absolute atomic E-state index is 0.0338. The summed E-state index contributed by atoms with van der Waals surface area (Å²) in [5.74, 6) is -0.111. The third-order valence-corrected chi connectivity index (χ3v) is 4.45. The van der Waals surface area contributed by atoms with E-state index in [9.17, 15) is 4.79 Å². The van der Waals surface area contributed by atoms with E-state index in [1.165, 1.54) is 11.3 Å². The first-order valence-corrected chi connectivity index (χ1v) is 7.32. The molecule has 0 spiro atoms. The maximum absolute atomic E-state index is 10.5. The molecule has 4 nitrogen and oxygen atoms in total. The van der Waals surface area contributed by atoms with Crippen LogP contribution in [-0.2, 0) is 17.0 Å². The molecule has 0 saturated heterocycles. The van der Waals surface area contributed by atoms with Gasteiger partial charge in [-0.2, -0.15) is 5.26 Å². The Hall–Kier alpha value is -1.84. The molecule has 1 aromatic heterocycles. The van der Waals surface area contributed by atoms with E-state index in [0.717, 1.165) is 15.7 Å². The molecule has 2 aromatic rings. The lowest BCUT2D eigenvalue weighted by molar-refractivity contribution is -0.136. The topological polar surface area (TPSA) is 74.0 Å². The molecular weight excluding hydrogens is 280 g/mol. The lowest BCUT2D eigenvalue weighted by atomic mass is 10.2. The first kappa shape index (κ1) is 13.6. The molecule has 0 aliphatic carbocycles. The van der Waals surface area contributed by atoms with Crippen LogP contribution in [-0.4, -0.2) is 16.1 Å². The highest BCUT2D eigenvalue weighted by Gasteiger charge is 2.06. The smallest absolute Gasteiger partial charge is 0.309 e. The Morgan fingerprint density at radius 1 is 1.42 bits per heavy atom. The third-order valence-electron chi connectivity index (χ3n) is 2.31. The Balaban J connectivity index is 1.92. The van der Waals surface area contributed by atoms with Gasteiger partial charge in [-0.15, -0.1) is 11.3 Å². The summed E-state index contributed by atoms with van der Waals surface area (Å²) in [6.07, 6.45) is -0.0338. The number of thiazole rings is 1. The Labute approximate surface area is 118 Å². The van der Waals surface area contributed by atoms with Gasteiger partial charge in [0.2, 0.25) is 0 Å². The van der Waals surface area contributed by atoms with Crippen molar-refractivity contribution in [2.75, 3.05) is 0 Å². The van der Waals surface area contributed by atoms with E-state index >= 15 is 0 Å². The normalized spacial score (nSPS) is 10.1. The average molecular weight is 290 g/mol. The van der Waals surface area contributed by atoms with Crippen LogP contribution in [0.5, 0.6) is 0 Å². The molecule has 1 aromatic carbocycles. The van der Waals surface area contributed by atoms with Crippen molar-refractivity contribution in [1.82, 2.24) is 4.98 Å². The second-order valence-corrected chi connectivity index (χ2v) is 5.85. The summed E-state index contributed by atoms with van der Waals surface area (Å²) < 4.78 is 0.862. The van der Waals surface area contributed by atoms with Crippen molar-refractivity contribution in [3.05, 3.63) is 46.5 Å². The number of aromatic nitrogens is 1. The van der Waals surface area contributed by atoms with E-state index in [-0.39, 0.29) is 6.42 Å². The highest BCUT2D eigenvalue weighted by molar-refractivity contribution is 8.00. The minimum atomic E-state index is -0.867. The lowest BCUT2D eigenvalue weighted by Crippen LogP contribution is -1.99. The summed E-state index contributed by atoms with van der Waals surface area (Å²) in [5.41, 5.74) is 2.35. The van der Waals surface area contributed by atoms with Gasteiger partial charge in [-0.25, -0.2) is 4.98 Å². The van der Waals surface area contributed by atoms with Gasteiger partial charge >= 0.3 is 5.97 Å². The summed E-state index contributed by atoms with van der Waals surface area (Å²) in [6.45, 7) is 0. The fourth-order valence-corrected chi connectivity index (χ4v) is 3.21. The number of thioether (sulfide) groups is 1. The second kappa shape index (κ2) is 6.36. The van der Waals surface area contributed by atoms with Gasteiger partial charge in [0.15, 0.2) is 0 Å². The highest BCUT2D eigenvalue weighted by Crippen LogP contribution is 2.26. The van der Waals surface area contributed by atoms with Gasteiger partial charge < -0.3 is 5.11 Å². The monoisotopic (exact) mass is 290 g/mol. The van der Waals surface area contributed by atoms with Crippen molar-refractivity contribution in [2.24, 2.45) is 0 Å². The number of benzene rings is 1. The van der Waals surface area contributed by atoms with E-state index in [2.05, 4.69) is 11.1 Å². The molecule has 1 heterocycles. The van der Waals surface area contributed by atoms with Crippen molar-refractivity contribution in [3.8, 4) is 6.07 Å². The van der Waals surface area contributed by atoms with Crippen LogP contribution in [0, 0.1) is 11.3 Å². The number of rotatable bonds is 5. The molecule has 6 heteroatoms. The van der Waals surface area contributed by atoms with Crippen LogP contribution in [0.2, 0.25) is 0 Å². The van der Waals surface area contributed by atoms with E-state index in [1.54, 1.807) is 29.3 Å². The van der Waals surface area contributed by atoms with Crippen LogP contribution in [0.3, 0.4) is 0 Å². The number of carboxylic acid groups (broad SMARTS) is 1. The molecule has 0 atom stereocenters. The van der Waals surface area contributed by atoms with Crippen LogP contribution in [0.4, 0.5) is 0 Å². The largest absolute Gasteiger partial charge is 0.481 e. The molecule has 2 rings (SSSR count).